The number of hydrogen-bond acceptors (Lipinski definition) is 2. The summed E-state index contributed by atoms with van der Waals surface area (Å²) >= 11 is 0. The van der Waals surface area contributed by atoms with Crippen LogP contribution in [-0.4, -0.2) is 5.11 Å². The topological polar surface area (TPSA) is 29.5 Å². The van der Waals surface area contributed by atoms with Crippen LogP contribution in [0.15, 0.2) is 36.4 Å². The molecule has 2 nitrogen and oxygen atoms in total. The summed E-state index contributed by atoms with van der Waals surface area (Å²) in [7, 11) is 0. The maximum Gasteiger partial charge on any atom is 0.132 e. The first-order chi connectivity index (χ1) is 9.49. The number of aliphatic hydroxyl groups excluding tert-OH is 1. The molecular formula is C15H13F3O2. The molecule has 2 aromatic rings. The first-order valence-electron chi connectivity index (χ1n) is 6.02. The molecule has 1 atom stereocenters. The highest BCUT2D eigenvalue weighted by Crippen LogP contribution is 2.27. The third-order valence-electron chi connectivity index (χ3n) is 2.86. The number of halogens is 3. The number of rotatable bonds is 4. The highest BCUT2D eigenvalue weighted by molar-refractivity contribution is 5.35. The van der Waals surface area contributed by atoms with Crippen molar-refractivity contribution in [3.05, 3.63) is 65.0 Å². The molecule has 0 amide bonds. The van der Waals surface area contributed by atoms with Gasteiger partial charge in [0.2, 0.25) is 0 Å². The van der Waals surface area contributed by atoms with Crippen LogP contribution < -0.4 is 4.74 Å². The second-order valence-corrected chi connectivity index (χ2v) is 4.35. The van der Waals surface area contributed by atoms with E-state index in [-0.39, 0.29) is 17.9 Å². The molecule has 1 unspecified atom stereocenters. The van der Waals surface area contributed by atoms with Gasteiger partial charge in [-0.2, -0.15) is 0 Å². The molecule has 2 aromatic carbocycles. The predicted octanol–water partition coefficient (Wildman–Crippen LogP) is 3.74. The summed E-state index contributed by atoms with van der Waals surface area (Å²) in [4.78, 5) is 0. The van der Waals surface area contributed by atoms with E-state index in [9.17, 15) is 18.3 Å². The van der Waals surface area contributed by atoms with Gasteiger partial charge in [-0.3, -0.25) is 0 Å². The van der Waals surface area contributed by atoms with Crippen molar-refractivity contribution in [3.8, 4) is 5.75 Å². The largest absolute Gasteiger partial charge is 0.488 e. The van der Waals surface area contributed by atoms with Gasteiger partial charge in [0, 0.05) is 11.6 Å². The molecule has 0 fully saturated rings. The van der Waals surface area contributed by atoms with E-state index in [1.165, 1.54) is 25.1 Å². The van der Waals surface area contributed by atoms with Crippen LogP contribution in [-0.2, 0) is 6.61 Å². The highest BCUT2D eigenvalue weighted by Gasteiger charge is 2.13. The van der Waals surface area contributed by atoms with E-state index >= 15 is 0 Å². The van der Waals surface area contributed by atoms with Crippen molar-refractivity contribution >= 4 is 0 Å². The smallest absolute Gasteiger partial charge is 0.132 e. The molecule has 106 valence electrons. The van der Waals surface area contributed by atoms with Crippen molar-refractivity contribution in [2.24, 2.45) is 0 Å². The zero-order valence-corrected chi connectivity index (χ0v) is 10.7. The van der Waals surface area contributed by atoms with Crippen LogP contribution in [0.3, 0.4) is 0 Å². The molecule has 0 aliphatic carbocycles. The van der Waals surface area contributed by atoms with Crippen LogP contribution in [0, 0.1) is 17.5 Å². The van der Waals surface area contributed by atoms with Gasteiger partial charge in [-0.1, -0.05) is 6.07 Å². The van der Waals surface area contributed by atoms with E-state index in [4.69, 9.17) is 4.74 Å². The van der Waals surface area contributed by atoms with Crippen LogP contribution in [0.5, 0.6) is 5.75 Å². The van der Waals surface area contributed by atoms with Gasteiger partial charge in [0.25, 0.3) is 0 Å². The lowest BCUT2D eigenvalue weighted by molar-refractivity contribution is 0.189. The number of aliphatic hydroxyl groups is 1. The van der Waals surface area contributed by atoms with Gasteiger partial charge < -0.3 is 9.84 Å². The van der Waals surface area contributed by atoms with Crippen LogP contribution in [0.25, 0.3) is 0 Å². The second-order valence-electron chi connectivity index (χ2n) is 4.35. The lowest BCUT2D eigenvalue weighted by atomic mass is 10.1. The zero-order valence-electron chi connectivity index (χ0n) is 10.7. The van der Waals surface area contributed by atoms with Crippen molar-refractivity contribution in [1.82, 2.24) is 0 Å². The summed E-state index contributed by atoms with van der Waals surface area (Å²) in [5.41, 5.74) is 0.108. The lowest BCUT2D eigenvalue weighted by Crippen LogP contribution is -2.05. The van der Waals surface area contributed by atoms with E-state index in [0.29, 0.717) is 5.56 Å². The summed E-state index contributed by atoms with van der Waals surface area (Å²) in [5.74, 6) is -1.97. The summed E-state index contributed by atoms with van der Waals surface area (Å²) in [6, 6.07) is 7.09. The molecule has 5 heteroatoms. The molecule has 0 aliphatic heterocycles. The minimum absolute atomic E-state index is 0.0580. The van der Waals surface area contributed by atoms with E-state index in [1.807, 2.05) is 0 Å². The summed E-state index contributed by atoms with van der Waals surface area (Å²) in [6.07, 6.45) is -0.879. The first kappa shape index (κ1) is 14.4. The van der Waals surface area contributed by atoms with Crippen molar-refractivity contribution in [2.75, 3.05) is 0 Å². The van der Waals surface area contributed by atoms with Gasteiger partial charge in [0.15, 0.2) is 0 Å². The SMILES string of the molecule is CC(O)c1ccc(F)cc1OCc1c(F)cccc1F. The fraction of sp³-hybridized carbons (Fsp3) is 0.200. The molecule has 0 bridgehead atoms. The fourth-order valence-corrected chi connectivity index (χ4v) is 1.80. The second kappa shape index (κ2) is 5.96. The van der Waals surface area contributed by atoms with E-state index in [2.05, 4.69) is 0 Å². The van der Waals surface area contributed by atoms with Crippen molar-refractivity contribution in [3.63, 3.8) is 0 Å². The van der Waals surface area contributed by atoms with E-state index in [0.717, 1.165) is 18.2 Å². The Morgan fingerprint density at radius 2 is 1.75 bits per heavy atom. The Labute approximate surface area is 114 Å². The van der Waals surface area contributed by atoms with E-state index < -0.39 is 23.6 Å². The Morgan fingerprint density at radius 1 is 1.10 bits per heavy atom. The molecule has 0 radical (unpaired) electrons. The molecule has 20 heavy (non-hydrogen) atoms. The Bertz CT molecular complexity index is 592. The Morgan fingerprint density at radius 3 is 2.35 bits per heavy atom. The average molecular weight is 282 g/mol. The third kappa shape index (κ3) is 3.11. The predicted molar refractivity (Wildman–Crippen MR) is 67.7 cm³/mol. The quantitative estimate of drug-likeness (QED) is 0.925. The summed E-state index contributed by atoms with van der Waals surface area (Å²) < 4.78 is 45.3. The van der Waals surface area contributed by atoms with E-state index in [1.54, 1.807) is 0 Å². The molecule has 0 aromatic heterocycles. The van der Waals surface area contributed by atoms with Crippen molar-refractivity contribution < 1.29 is 23.0 Å². The number of benzene rings is 2. The van der Waals surface area contributed by atoms with Crippen LogP contribution >= 0.6 is 0 Å². The Kier molecular flexibility index (Phi) is 4.29. The van der Waals surface area contributed by atoms with Gasteiger partial charge in [0.1, 0.15) is 29.8 Å². The van der Waals surface area contributed by atoms with Gasteiger partial charge in [-0.05, 0) is 31.2 Å². The van der Waals surface area contributed by atoms with Crippen LogP contribution in [0.4, 0.5) is 13.2 Å². The van der Waals surface area contributed by atoms with Crippen molar-refractivity contribution in [2.45, 2.75) is 19.6 Å². The Hall–Kier alpha value is -2.01. The Balaban J connectivity index is 2.25. The monoisotopic (exact) mass is 282 g/mol. The molecule has 2 rings (SSSR count). The average Bonchev–Trinajstić information content (AvgIpc) is 2.37. The molecule has 0 spiro atoms. The van der Waals surface area contributed by atoms with Gasteiger partial charge >= 0.3 is 0 Å². The maximum absolute atomic E-state index is 13.4. The summed E-state index contributed by atoms with van der Waals surface area (Å²) in [5, 5.41) is 9.55. The van der Waals surface area contributed by atoms with Gasteiger partial charge in [0.05, 0.1) is 11.7 Å². The fourth-order valence-electron chi connectivity index (χ4n) is 1.80. The molecule has 0 saturated heterocycles. The number of hydrogen-bond donors (Lipinski definition) is 1. The molecule has 1 N–H and O–H groups in total. The normalized spacial score (nSPS) is 12.2. The maximum atomic E-state index is 13.4. The number of ether oxygens (including phenoxy) is 1. The third-order valence-corrected chi connectivity index (χ3v) is 2.86. The minimum atomic E-state index is -0.879. The zero-order chi connectivity index (χ0) is 14.7. The van der Waals surface area contributed by atoms with Crippen molar-refractivity contribution in [1.29, 1.82) is 0 Å². The summed E-state index contributed by atoms with van der Waals surface area (Å²) in [6.45, 7) is 1.10. The highest BCUT2D eigenvalue weighted by atomic mass is 19.1. The first-order valence-corrected chi connectivity index (χ1v) is 6.02. The standard InChI is InChI=1S/C15H13F3O2/c1-9(19)11-6-5-10(16)7-15(11)20-8-12-13(17)3-2-4-14(12)18/h2-7,9,19H,8H2,1H3. The minimum Gasteiger partial charge on any atom is -0.488 e. The molecular weight excluding hydrogens is 269 g/mol. The van der Waals surface area contributed by atoms with Crippen LogP contribution in [0.2, 0.25) is 0 Å². The lowest BCUT2D eigenvalue weighted by Gasteiger charge is -2.14. The van der Waals surface area contributed by atoms with Crippen LogP contribution in [0.1, 0.15) is 24.2 Å². The molecule has 0 aliphatic rings. The van der Waals surface area contributed by atoms with Gasteiger partial charge in [-0.15, -0.1) is 0 Å². The molecule has 0 heterocycles. The molecule has 0 saturated carbocycles. The van der Waals surface area contributed by atoms with Gasteiger partial charge in [-0.25, -0.2) is 13.2 Å².